The molecule has 1 atom stereocenters. The summed E-state index contributed by atoms with van der Waals surface area (Å²) >= 11 is -2.82. The lowest BCUT2D eigenvalue weighted by Gasteiger charge is -2.27. The third-order valence-corrected chi connectivity index (χ3v) is 6.22. The van der Waals surface area contributed by atoms with Crippen LogP contribution in [0.3, 0.4) is 0 Å². The molecule has 0 aliphatic heterocycles. The summed E-state index contributed by atoms with van der Waals surface area (Å²) in [7, 11) is 4.59. The van der Waals surface area contributed by atoms with Gasteiger partial charge in [0, 0.05) is 36.7 Å². The Kier molecular flexibility index (Phi) is 9.81. The number of aromatic nitrogens is 2. The average Bonchev–Trinajstić information content (AvgIpc) is 2.95. The third-order valence-electron chi connectivity index (χ3n) is 5.54. The maximum absolute atomic E-state index is 12.6. The minimum atomic E-state index is -2.82. The lowest BCUT2D eigenvalue weighted by atomic mass is 10.2. The van der Waals surface area contributed by atoms with Gasteiger partial charge in [-0.15, -0.1) is 0 Å². The molecular weight excluding hydrogens is 538 g/mol. The van der Waals surface area contributed by atoms with Crippen molar-refractivity contribution in [2.45, 2.75) is 0 Å². The molecule has 0 aliphatic carbocycles. The topological polar surface area (TPSA) is 147 Å². The van der Waals surface area contributed by atoms with Crippen LogP contribution >= 0.6 is 0 Å². The predicted octanol–water partition coefficient (Wildman–Crippen LogP) is 3.92. The molecule has 1 heterocycles. The minimum absolute atomic E-state index is 0.0141. The zero-order chi connectivity index (χ0) is 28.5. The highest BCUT2D eigenvalue weighted by atomic mass is 32.2. The van der Waals surface area contributed by atoms with Gasteiger partial charge in [0.25, 0.3) is 0 Å². The van der Waals surface area contributed by atoms with Crippen LogP contribution in [0.4, 0.5) is 28.7 Å². The largest absolute Gasteiger partial charge is 0.755 e. The molecule has 0 spiro atoms. The standard InChI is InChI=1S/C27H29N5O7S/c1-36-11-12-39-17-25(33)28-18-7-6-8-20(13-18)32(40(34)35)27-26(30-23-9-4-5-10-24(23)31-27)29-19-14-21(37-2)16-22(15-19)38-3/h4-10,13-16H,11-12,17H2,1-3H3,(H,28,33)(H,29,30)(H,34,35)/p-1. The summed E-state index contributed by atoms with van der Waals surface area (Å²) in [6.45, 7) is 0.445. The molecule has 4 rings (SSSR count). The van der Waals surface area contributed by atoms with Crippen LogP contribution in [0.2, 0.25) is 0 Å². The number of hydrogen-bond donors (Lipinski definition) is 2. The van der Waals surface area contributed by atoms with E-state index in [9.17, 15) is 13.6 Å². The van der Waals surface area contributed by atoms with E-state index in [0.29, 0.717) is 40.5 Å². The number of fused-ring (bicyclic) bond motifs is 1. The maximum Gasteiger partial charge on any atom is 0.250 e. The summed E-state index contributed by atoms with van der Waals surface area (Å²) in [6.07, 6.45) is 0. The Morgan fingerprint density at radius 1 is 0.900 bits per heavy atom. The summed E-state index contributed by atoms with van der Waals surface area (Å²) in [4.78, 5) is 21.6. The van der Waals surface area contributed by atoms with Crippen LogP contribution < -0.4 is 24.4 Å². The molecule has 1 aromatic heterocycles. The predicted molar refractivity (Wildman–Crippen MR) is 151 cm³/mol. The number of methoxy groups -OCH3 is 3. The van der Waals surface area contributed by atoms with Gasteiger partial charge in [-0.2, -0.15) is 0 Å². The number of hydrogen-bond acceptors (Lipinski definition) is 10. The molecule has 13 heteroatoms. The van der Waals surface area contributed by atoms with Crippen LogP contribution in [0.5, 0.6) is 11.5 Å². The van der Waals surface area contributed by atoms with Gasteiger partial charge in [-0.1, -0.05) is 18.2 Å². The van der Waals surface area contributed by atoms with Crippen molar-refractivity contribution in [3.63, 3.8) is 0 Å². The Labute approximate surface area is 233 Å². The van der Waals surface area contributed by atoms with Gasteiger partial charge >= 0.3 is 0 Å². The summed E-state index contributed by atoms with van der Waals surface area (Å²) in [5, 5.41) is 5.86. The lowest BCUT2D eigenvalue weighted by Crippen LogP contribution is -2.23. The number of nitrogens with zero attached hydrogens (tertiary/aromatic N) is 3. The second-order valence-corrected chi connectivity index (χ2v) is 9.07. The fourth-order valence-corrected chi connectivity index (χ4v) is 4.28. The Balaban J connectivity index is 1.72. The summed E-state index contributed by atoms with van der Waals surface area (Å²) in [5.74, 6) is 0.828. The monoisotopic (exact) mass is 566 g/mol. The Hall–Kier alpha value is -4.30. The van der Waals surface area contributed by atoms with E-state index in [2.05, 4.69) is 20.6 Å². The van der Waals surface area contributed by atoms with Gasteiger partial charge < -0.3 is 34.1 Å². The van der Waals surface area contributed by atoms with Crippen molar-refractivity contribution in [2.75, 3.05) is 56.1 Å². The molecule has 0 saturated carbocycles. The van der Waals surface area contributed by atoms with E-state index in [4.69, 9.17) is 18.9 Å². The molecule has 0 radical (unpaired) electrons. The molecule has 12 nitrogen and oxygen atoms in total. The molecule has 1 amide bonds. The quantitative estimate of drug-likeness (QED) is 0.180. The molecule has 0 fully saturated rings. The highest BCUT2D eigenvalue weighted by molar-refractivity contribution is 7.81. The summed E-state index contributed by atoms with van der Waals surface area (Å²) in [6, 6.07) is 18.6. The van der Waals surface area contributed by atoms with E-state index in [1.807, 2.05) is 6.07 Å². The number of carbonyl (C=O) groups excluding carboxylic acids is 1. The first-order chi connectivity index (χ1) is 19.4. The number of carbonyl (C=O) groups is 1. The first-order valence-corrected chi connectivity index (χ1v) is 13.1. The van der Waals surface area contributed by atoms with E-state index in [1.54, 1.807) is 54.6 Å². The third kappa shape index (κ3) is 7.21. The number of rotatable bonds is 13. The van der Waals surface area contributed by atoms with Crippen LogP contribution in [0.15, 0.2) is 66.7 Å². The number of anilines is 5. The molecule has 40 heavy (non-hydrogen) atoms. The zero-order valence-corrected chi connectivity index (χ0v) is 22.9. The number of nitrogens with one attached hydrogen (secondary N) is 2. The van der Waals surface area contributed by atoms with Gasteiger partial charge in [0.2, 0.25) is 5.91 Å². The molecule has 1 unspecified atom stereocenters. The van der Waals surface area contributed by atoms with Crippen molar-refractivity contribution >= 4 is 56.9 Å². The second-order valence-electron chi connectivity index (χ2n) is 8.27. The van der Waals surface area contributed by atoms with Crippen LogP contribution in [-0.4, -0.2) is 65.8 Å². The molecule has 2 N–H and O–H groups in total. The van der Waals surface area contributed by atoms with Crippen LogP contribution in [0.25, 0.3) is 11.0 Å². The fourth-order valence-electron chi connectivity index (χ4n) is 3.73. The van der Waals surface area contributed by atoms with Crippen molar-refractivity contribution in [3.8, 4) is 11.5 Å². The normalized spacial score (nSPS) is 11.6. The highest BCUT2D eigenvalue weighted by Gasteiger charge is 2.20. The van der Waals surface area contributed by atoms with E-state index in [0.717, 1.165) is 4.31 Å². The van der Waals surface area contributed by atoms with Gasteiger partial charge in [-0.3, -0.25) is 13.3 Å². The molecule has 0 bridgehead atoms. The maximum atomic E-state index is 12.6. The Morgan fingerprint density at radius 3 is 2.25 bits per heavy atom. The minimum Gasteiger partial charge on any atom is -0.755 e. The molecule has 210 valence electrons. The number of ether oxygens (including phenoxy) is 4. The molecule has 4 aromatic rings. The van der Waals surface area contributed by atoms with Gasteiger partial charge in [-0.25, -0.2) is 9.97 Å². The van der Waals surface area contributed by atoms with Crippen molar-refractivity contribution in [3.05, 3.63) is 66.7 Å². The lowest BCUT2D eigenvalue weighted by molar-refractivity contribution is -0.121. The van der Waals surface area contributed by atoms with Crippen molar-refractivity contribution < 1.29 is 32.5 Å². The smallest absolute Gasteiger partial charge is 0.250 e. The SMILES string of the molecule is COCCOCC(=O)Nc1cccc(N(c2nc3ccccc3nc2Nc2cc(OC)cc(OC)c2)S(=O)[O-])c1. The van der Waals surface area contributed by atoms with Crippen LogP contribution in [0, 0.1) is 0 Å². The fraction of sp³-hybridized carbons (Fsp3) is 0.222. The number of benzene rings is 3. The van der Waals surface area contributed by atoms with Gasteiger partial charge in [0.1, 0.15) is 18.1 Å². The number of amides is 1. The Bertz CT molecular complexity index is 1480. The zero-order valence-electron chi connectivity index (χ0n) is 22.1. The first kappa shape index (κ1) is 28.7. The highest BCUT2D eigenvalue weighted by Crippen LogP contribution is 2.36. The van der Waals surface area contributed by atoms with Crippen molar-refractivity contribution in [1.82, 2.24) is 9.97 Å². The van der Waals surface area contributed by atoms with Gasteiger partial charge in [0.05, 0.1) is 55.4 Å². The van der Waals surface area contributed by atoms with E-state index < -0.39 is 17.2 Å². The van der Waals surface area contributed by atoms with Gasteiger partial charge in [0.15, 0.2) is 11.6 Å². The number of para-hydroxylation sites is 2. The van der Waals surface area contributed by atoms with Crippen molar-refractivity contribution in [1.29, 1.82) is 0 Å². The van der Waals surface area contributed by atoms with Crippen LogP contribution in [-0.2, 0) is 25.5 Å². The van der Waals surface area contributed by atoms with E-state index in [1.165, 1.54) is 27.4 Å². The van der Waals surface area contributed by atoms with Gasteiger partial charge in [-0.05, 0) is 30.3 Å². The molecule has 0 aliphatic rings. The molecule has 0 saturated heterocycles. The molecule has 3 aromatic carbocycles. The van der Waals surface area contributed by atoms with E-state index >= 15 is 0 Å². The van der Waals surface area contributed by atoms with Crippen molar-refractivity contribution in [2.24, 2.45) is 0 Å². The molecular formula is C27H28N5O7S-. The first-order valence-electron chi connectivity index (χ1n) is 12.0. The second kappa shape index (κ2) is 13.7. The van der Waals surface area contributed by atoms with E-state index in [-0.39, 0.29) is 30.5 Å². The summed E-state index contributed by atoms with van der Waals surface area (Å²) < 4.78 is 47.1. The average molecular weight is 567 g/mol. The summed E-state index contributed by atoms with van der Waals surface area (Å²) in [5.41, 5.74) is 2.17. The Morgan fingerprint density at radius 2 is 1.60 bits per heavy atom. The van der Waals surface area contributed by atoms with Crippen LogP contribution in [0.1, 0.15) is 0 Å².